The number of likely N-dealkylation sites (N-methyl/N-ethyl adjacent to an activating group) is 1. The van der Waals surface area contributed by atoms with Crippen molar-refractivity contribution in [3.8, 4) is 0 Å². The van der Waals surface area contributed by atoms with Crippen LogP contribution in [0.5, 0.6) is 0 Å². The Morgan fingerprint density at radius 3 is 2.46 bits per heavy atom. The van der Waals surface area contributed by atoms with Gasteiger partial charge in [0, 0.05) is 17.1 Å². The van der Waals surface area contributed by atoms with Crippen molar-refractivity contribution in [3.63, 3.8) is 0 Å². The van der Waals surface area contributed by atoms with Gasteiger partial charge >= 0.3 is 0 Å². The van der Waals surface area contributed by atoms with Gasteiger partial charge in [-0.2, -0.15) is 0 Å². The lowest BCUT2D eigenvalue weighted by Gasteiger charge is -2.16. The number of amides is 2. The molecule has 0 spiro atoms. The van der Waals surface area contributed by atoms with Crippen molar-refractivity contribution in [2.24, 2.45) is 0 Å². The molecule has 3 rings (SSSR count). The normalized spacial score (nSPS) is 10.9. The molecule has 0 fully saturated rings. The largest absolute Gasteiger partial charge is 0.360 e. The van der Waals surface area contributed by atoms with E-state index in [1.165, 1.54) is 0 Å². The van der Waals surface area contributed by atoms with E-state index in [0.717, 1.165) is 16.5 Å². The van der Waals surface area contributed by atoms with Crippen LogP contribution >= 0.6 is 0 Å². The molecule has 7 heteroatoms. The maximum Gasteiger partial charge on any atom is 0.239 e. The SMILES string of the molecule is Cc1cc(NC(=O)CN(C)CC(=O)Nc2cccc3ccccc23)no1. The average Bonchev–Trinajstić information content (AvgIpc) is 2.99. The lowest BCUT2D eigenvalue weighted by atomic mass is 10.1. The number of hydrogen-bond acceptors (Lipinski definition) is 5. The summed E-state index contributed by atoms with van der Waals surface area (Å²) in [5, 5.41) is 11.3. The molecule has 1 heterocycles. The Balaban J connectivity index is 1.54. The maximum atomic E-state index is 12.3. The standard InChI is InChI=1S/C19H20N4O3/c1-13-10-17(22-26-13)21-19(25)12-23(2)11-18(24)20-16-9-5-7-14-6-3-4-8-15(14)16/h3-10H,11-12H2,1-2H3,(H,20,24)(H,21,22,25). The zero-order chi connectivity index (χ0) is 18.5. The van der Waals surface area contributed by atoms with Crippen LogP contribution in [0.25, 0.3) is 10.8 Å². The van der Waals surface area contributed by atoms with Crippen LogP contribution in [0.15, 0.2) is 53.1 Å². The first-order chi connectivity index (χ1) is 12.5. The van der Waals surface area contributed by atoms with Gasteiger partial charge in [0.15, 0.2) is 5.82 Å². The van der Waals surface area contributed by atoms with E-state index in [2.05, 4.69) is 15.8 Å². The number of nitrogens with zero attached hydrogens (tertiary/aromatic N) is 2. The third kappa shape index (κ3) is 4.46. The van der Waals surface area contributed by atoms with Gasteiger partial charge in [-0.15, -0.1) is 0 Å². The van der Waals surface area contributed by atoms with E-state index in [1.54, 1.807) is 24.9 Å². The minimum Gasteiger partial charge on any atom is -0.360 e. The first kappa shape index (κ1) is 17.6. The van der Waals surface area contributed by atoms with Gasteiger partial charge < -0.3 is 15.2 Å². The number of fused-ring (bicyclic) bond motifs is 1. The Morgan fingerprint density at radius 1 is 1.04 bits per heavy atom. The highest BCUT2D eigenvalue weighted by Gasteiger charge is 2.13. The molecule has 3 aromatic rings. The molecular weight excluding hydrogens is 332 g/mol. The summed E-state index contributed by atoms with van der Waals surface area (Å²) in [6.45, 7) is 1.90. The third-order valence-electron chi connectivity index (χ3n) is 3.79. The van der Waals surface area contributed by atoms with Crippen LogP contribution < -0.4 is 10.6 Å². The monoisotopic (exact) mass is 352 g/mol. The summed E-state index contributed by atoms with van der Waals surface area (Å²) in [5.74, 6) is 0.525. The van der Waals surface area contributed by atoms with Crippen LogP contribution in [0.2, 0.25) is 0 Å². The lowest BCUT2D eigenvalue weighted by Crippen LogP contribution is -2.36. The highest BCUT2D eigenvalue weighted by molar-refractivity contribution is 6.02. The number of nitrogens with one attached hydrogen (secondary N) is 2. The van der Waals surface area contributed by atoms with E-state index >= 15 is 0 Å². The summed E-state index contributed by atoms with van der Waals surface area (Å²) in [6.07, 6.45) is 0. The Labute approximate surface area is 151 Å². The van der Waals surface area contributed by atoms with Gasteiger partial charge in [0.1, 0.15) is 5.76 Å². The smallest absolute Gasteiger partial charge is 0.239 e. The molecule has 0 bridgehead atoms. The van der Waals surface area contributed by atoms with Crippen molar-refractivity contribution in [3.05, 3.63) is 54.3 Å². The maximum absolute atomic E-state index is 12.3. The third-order valence-corrected chi connectivity index (χ3v) is 3.79. The zero-order valence-corrected chi connectivity index (χ0v) is 14.7. The predicted molar refractivity (Wildman–Crippen MR) is 99.9 cm³/mol. The Bertz CT molecular complexity index is 930. The van der Waals surface area contributed by atoms with E-state index in [1.807, 2.05) is 42.5 Å². The fraction of sp³-hybridized carbons (Fsp3) is 0.211. The Kier molecular flexibility index (Phi) is 5.28. The van der Waals surface area contributed by atoms with Gasteiger partial charge in [0.25, 0.3) is 0 Å². The average molecular weight is 352 g/mol. The first-order valence-corrected chi connectivity index (χ1v) is 8.20. The van der Waals surface area contributed by atoms with Crippen LogP contribution in [0.1, 0.15) is 5.76 Å². The van der Waals surface area contributed by atoms with Crippen molar-refractivity contribution >= 4 is 34.1 Å². The highest BCUT2D eigenvalue weighted by atomic mass is 16.5. The predicted octanol–water partition coefficient (Wildman–Crippen LogP) is 2.65. The van der Waals surface area contributed by atoms with Gasteiger partial charge in [0.05, 0.1) is 13.1 Å². The number of carbonyl (C=O) groups excluding carboxylic acids is 2. The second-order valence-electron chi connectivity index (χ2n) is 6.12. The molecule has 26 heavy (non-hydrogen) atoms. The fourth-order valence-corrected chi connectivity index (χ4v) is 2.68. The van der Waals surface area contributed by atoms with Crippen LogP contribution in [0, 0.1) is 6.92 Å². The molecule has 0 saturated carbocycles. The summed E-state index contributed by atoms with van der Waals surface area (Å²) < 4.78 is 4.89. The van der Waals surface area contributed by atoms with Crippen molar-refractivity contribution in [1.29, 1.82) is 0 Å². The topological polar surface area (TPSA) is 87.5 Å². The second kappa shape index (κ2) is 7.79. The van der Waals surface area contributed by atoms with Crippen molar-refractivity contribution in [1.82, 2.24) is 10.1 Å². The first-order valence-electron chi connectivity index (χ1n) is 8.20. The van der Waals surface area contributed by atoms with Crippen molar-refractivity contribution in [2.45, 2.75) is 6.92 Å². The molecule has 0 atom stereocenters. The van der Waals surface area contributed by atoms with Gasteiger partial charge in [0.2, 0.25) is 11.8 Å². The quantitative estimate of drug-likeness (QED) is 0.712. The van der Waals surface area contributed by atoms with Crippen molar-refractivity contribution in [2.75, 3.05) is 30.8 Å². The van der Waals surface area contributed by atoms with E-state index in [9.17, 15) is 9.59 Å². The minimum absolute atomic E-state index is 0.0644. The number of aromatic nitrogens is 1. The van der Waals surface area contributed by atoms with Crippen LogP contribution in [0.4, 0.5) is 11.5 Å². The fourth-order valence-electron chi connectivity index (χ4n) is 2.68. The number of anilines is 2. The molecule has 0 aliphatic carbocycles. The number of aryl methyl sites for hydroxylation is 1. The number of benzene rings is 2. The molecule has 1 aromatic heterocycles. The number of rotatable bonds is 6. The van der Waals surface area contributed by atoms with E-state index < -0.39 is 0 Å². The molecule has 0 aliphatic heterocycles. The highest BCUT2D eigenvalue weighted by Crippen LogP contribution is 2.22. The Morgan fingerprint density at radius 2 is 1.73 bits per heavy atom. The summed E-state index contributed by atoms with van der Waals surface area (Å²) >= 11 is 0. The molecule has 134 valence electrons. The summed E-state index contributed by atoms with van der Waals surface area (Å²) in [7, 11) is 1.70. The molecule has 0 unspecified atom stereocenters. The van der Waals surface area contributed by atoms with Gasteiger partial charge in [-0.25, -0.2) is 0 Å². The molecule has 7 nitrogen and oxygen atoms in total. The van der Waals surface area contributed by atoms with E-state index in [-0.39, 0.29) is 24.9 Å². The van der Waals surface area contributed by atoms with Crippen LogP contribution in [-0.2, 0) is 9.59 Å². The van der Waals surface area contributed by atoms with Crippen LogP contribution in [-0.4, -0.2) is 42.0 Å². The van der Waals surface area contributed by atoms with Crippen LogP contribution in [0.3, 0.4) is 0 Å². The van der Waals surface area contributed by atoms with Gasteiger partial charge in [-0.3, -0.25) is 14.5 Å². The summed E-state index contributed by atoms with van der Waals surface area (Å²) in [5.41, 5.74) is 0.754. The van der Waals surface area contributed by atoms with Gasteiger partial charge in [-0.05, 0) is 25.4 Å². The lowest BCUT2D eigenvalue weighted by molar-refractivity contribution is -0.119. The summed E-state index contributed by atoms with van der Waals surface area (Å²) in [4.78, 5) is 25.9. The summed E-state index contributed by atoms with van der Waals surface area (Å²) in [6, 6.07) is 15.2. The number of hydrogen-bond donors (Lipinski definition) is 2. The molecule has 0 radical (unpaired) electrons. The van der Waals surface area contributed by atoms with Gasteiger partial charge in [-0.1, -0.05) is 41.6 Å². The van der Waals surface area contributed by atoms with Crippen molar-refractivity contribution < 1.29 is 14.1 Å². The minimum atomic E-state index is -0.265. The zero-order valence-electron chi connectivity index (χ0n) is 14.7. The Hall–Kier alpha value is -3.19. The molecular formula is C19H20N4O3. The molecule has 0 saturated heterocycles. The molecule has 2 amide bonds. The van der Waals surface area contributed by atoms with E-state index in [0.29, 0.717) is 11.6 Å². The molecule has 2 aromatic carbocycles. The molecule has 0 aliphatic rings. The molecule has 2 N–H and O–H groups in total. The number of carbonyl (C=O) groups is 2. The van der Waals surface area contributed by atoms with E-state index in [4.69, 9.17) is 4.52 Å². The second-order valence-corrected chi connectivity index (χ2v) is 6.12.